The fourth-order valence-electron chi connectivity index (χ4n) is 2.42. The molecule has 0 heterocycles. The summed E-state index contributed by atoms with van der Waals surface area (Å²) in [4.78, 5) is 0. The molecule has 0 radical (unpaired) electrons. The van der Waals surface area contributed by atoms with Crippen molar-refractivity contribution >= 4 is 10.8 Å². The molecule has 0 aliphatic rings. The highest BCUT2D eigenvalue weighted by Crippen LogP contribution is 2.35. The van der Waals surface area contributed by atoms with E-state index in [4.69, 9.17) is 0 Å². The van der Waals surface area contributed by atoms with E-state index in [9.17, 15) is 10.2 Å². The molecule has 0 spiro atoms. The average molecular weight is 244 g/mol. The van der Waals surface area contributed by atoms with Crippen LogP contribution in [0.2, 0.25) is 0 Å². The lowest BCUT2D eigenvalue weighted by molar-refractivity contribution is -0.0814. The molecule has 1 atom stereocenters. The molecule has 0 saturated carbocycles. The van der Waals surface area contributed by atoms with Crippen LogP contribution in [0.15, 0.2) is 42.5 Å². The van der Waals surface area contributed by atoms with Gasteiger partial charge in [0.2, 0.25) is 0 Å². The van der Waals surface area contributed by atoms with Crippen LogP contribution >= 0.6 is 0 Å². The Morgan fingerprint density at radius 2 is 1.61 bits per heavy atom. The minimum atomic E-state index is -1.05. The van der Waals surface area contributed by atoms with Gasteiger partial charge in [-0.2, -0.15) is 0 Å². The second kappa shape index (κ2) is 5.09. The quantitative estimate of drug-likeness (QED) is 0.865. The standard InChI is InChI=1S/C16H20O2/c1-3-16(18,4-2)15(17)14-11-7-9-12-8-5-6-10-13(12)14/h5-11,15,17-18H,3-4H2,1-2H3. The van der Waals surface area contributed by atoms with Crippen molar-refractivity contribution in [2.45, 2.75) is 38.4 Å². The highest BCUT2D eigenvalue weighted by molar-refractivity contribution is 5.86. The summed E-state index contributed by atoms with van der Waals surface area (Å²) < 4.78 is 0. The van der Waals surface area contributed by atoms with Crippen LogP contribution in [0.4, 0.5) is 0 Å². The number of benzene rings is 2. The molecule has 2 rings (SSSR count). The van der Waals surface area contributed by atoms with Crippen molar-refractivity contribution in [2.75, 3.05) is 0 Å². The van der Waals surface area contributed by atoms with Gasteiger partial charge in [-0.1, -0.05) is 56.3 Å². The molecule has 0 saturated heterocycles. The number of hydrogen-bond acceptors (Lipinski definition) is 2. The van der Waals surface area contributed by atoms with Crippen LogP contribution in [-0.4, -0.2) is 15.8 Å². The number of aliphatic hydroxyl groups excluding tert-OH is 1. The van der Waals surface area contributed by atoms with Crippen molar-refractivity contribution in [1.29, 1.82) is 0 Å². The first-order valence-corrected chi connectivity index (χ1v) is 6.50. The summed E-state index contributed by atoms with van der Waals surface area (Å²) in [5.41, 5.74) is -0.247. The van der Waals surface area contributed by atoms with Crippen molar-refractivity contribution in [3.63, 3.8) is 0 Å². The third kappa shape index (κ3) is 2.14. The molecule has 2 aromatic carbocycles. The summed E-state index contributed by atoms with van der Waals surface area (Å²) in [7, 11) is 0. The SMILES string of the molecule is CCC(O)(CC)C(O)c1cccc2ccccc12. The van der Waals surface area contributed by atoms with E-state index in [2.05, 4.69) is 0 Å². The molecule has 0 bridgehead atoms. The van der Waals surface area contributed by atoms with Gasteiger partial charge in [-0.3, -0.25) is 0 Å². The van der Waals surface area contributed by atoms with Gasteiger partial charge in [0, 0.05) is 0 Å². The smallest absolute Gasteiger partial charge is 0.108 e. The summed E-state index contributed by atoms with van der Waals surface area (Å²) in [5.74, 6) is 0. The van der Waals surface area contributed by atoms with Crippen molar-refractivity contribution < 1.29 is 10.2 Å². The molecule has 0 aromatic heterocycles. The normalized spacial score (nSPS) is 13.8. The van der Waals surface area contributed by atoms with Crippen LogP contribution in [0.5, 0.6) is 0 Å². The van der Waals surface area contributed by atoms with E-state index in [1.54, 1.807) is 0 Å². The first-order chi connectivity index (χ1) is 8.62. The van der Waals surface area contributed by atoms with E-state index in [0.29, 0.717) is 12.8 Å². The zero-order valence-electron chi connectivity index (χ0n) is 10.9. The fourth-order valence-corrected chi connectivity index (χ4v) is 2.42. The summed E-state index contributed by atoms with van der Waals surface area (Å²) in [6.45, 7) is 3.80. The fraction of sp³-hybridized carbons (Fsp3) is 0.375. The second-order valence-electron chi connectivity index (χ2n) is 4.78. The summed E-state index contributed by atoms with van der Waals surface area (Å²) in [6, 6.07) is 13.8. The van der Waals surface area contributed by atoms with Crippen LogP contribution < -0.4 is 0 Å². The average Bonchev–Trinajstić information content (AvgIpc) is 2.45. The van der Waals surface area contributed by atoms with Gasteiger partial charge < -0.3 is 10.2 Å². The van der Waals surface area contributed by atoms with E-state index < -0.39 is 11.7 Å². The second-order valence-corrected chi connectivity index (χ2v) is 4.78. The maximum Gasteiger partial charge on any atom is 0.108 e. The number of rotatable bonds is 4. The van der Waals surface area contributed by atoms with E-state index in [0.717, 1.165) is 16.3 Å². The molecule has 2 N–H and O–H groups in total. The third-order valence-electron chi connectivity index (χ3n) is 3.85. The first kappa shape index (κ1) is 13.1. The van der Waals surface area contributed by atoms with Crippen LogP contribution in [-0.2, 0) is 0 Å². The maximum atomic E-state index is 10.5. The van der Waals surface area contributed by atoms with E-state index in [1.807, 2.05) is 56.3 Å². The molecule has 0 amide bonds. The van der Waals surface area contributed by atoms with Crippen LogP contribution in [0.25, 0.3) is 10.8 Å². The maximum absolute atomic E-state index is 10.5. The Hall–Kier alpha value is -1.38. The lowest BCUT2D eigenvalue weighted by atomic mass is 9.84. The van der Waals surface area contributed by atoms with Gasteiger partial charge in [-0.25, -0.2) is 0 Å². The largest absolute Gasteiger partial charge is 0.387 e. The van der Waals surface area contributed by atoms with Crippen molar-refractivity contribution in [1.82, 2.24) is 0 Å². The highest BCUT2D eigenvalue weighted by atomic mass is 16.3. The molecule has 2 aromatic rings. The molecule has 0 aliphatic carbocycles. The van der Waals surface area contributed by atoms with Crippen molar-refractivity contribution in [3.05, 3.63) is 48.0 Å². The molecule has 18 heavy (non-hydrogen) atoms. The number of aliphatic hydroxyl groups is 2. The number of fused-ring (bicyclic) bond motifs is 1. The minimum Gasteiger partial charge on any atom is -0.387 e. The molecule has 1 unspecified atom stereocenters. The highest BCUT2D eigenvalue weighted by Gasteiger charge is 2.33. The van der Waals surface area contributed by atoms with E-state index in [1.165, 1.54) is 0 Å². The predicted octanol–water partition coefficient (Wildman–Crippen LogP) is 3.42. The number of hydrogen-bond donors (Lipinski definition) is 2. The van der Waals surface area contributed by atoms with E-state index in [-0.39, 0.29) is 0 Å². The van der Waals surface area contributed by atoms with Gasteiger partial charge in [0.1, 0.15) is 6.10 Å². The van der Waals surface area contributed by atoms with Crippen LogP contribution in [0, 0.1) is 0 Å². The Labute approximate surface area is 108 Å². The molecule has 96 valence electrons. The Bertz CT molecular complexity index is 524. The van der Waals surface area contributed by atoms with Crippen LogP contribution in [0.1, 0.15) is 38.4 Å². The third-order valence-corrected chi connectivity index (χ3v) is 3.85. The topological polar surface area (TPSA) is 40.5 Å². The predicted molar refractivity (Wildman–Crippen MR) is 74.4 cm³/mol. The Morgan fingerprint density at radius 1 is 1.00 bits per heavy atom. The molecule has 2 nitrogen and oxygen atoms in total. The zero-order chi connectivity index (χ0) is 13.2. The van der Waals surface area contributed by atoms with Gasteiger partial charge in [0.25, 0.3) is 0 Å². The minimum absolute atomic E-state index is 0.536. The Kier molecular flexibility index (Phi) is 3.69. The van der Waals surface area contributed by atoms with Gasteiger partial charge in [-0.15, -0.1) is 0 Å². The molecule has 0 aliphatic heterocycles. The zero-order valence-corrected chi connectivity index (χ0v) is 10.9. The molecular formula is C16H20O2. The van der Waals surface area contributed by atoms with Crippen LogP contribution in [0.3, 0.4) is 0 Å². The van der Waals surface area contributed by atoms with Gasteiger partial charge in [-0.05, 0) is 29.2 Å². The molecular weight excluding hydrogens is 224 g/mol. The lowest BCUT2D eigenvalue weighted by Crippen LogP contribution is -2.34. The molecule has 2 heteroatoms. The first-order valence-electron chi connectivity index (χ1n) is 6.50. The monoisotopic (exact) mass is 244 g/mol. The summed E-state index contributed by atoms with van der Waals surface area (Å²) in [5, 5.41) is 23.0. The van der Waals surface area contributed by atoms with E-state index >= 15 is 0 Å². The summed E-state index contributed by atoms with van der Waals surface area (Å²) in [6.07, 6.45) is 0.223. The molecule has 0 fully saturated rings. The Balaban J connectivity index is 2.54. The summed E-state index contributed by atoms with van der Waals surface area (Å²) >= 11 is 0. The van der Waals surface area contributed by atoms with Gasteiger partial charge >= 0.3 is 0 Å². The van der Waals surface area contributed by atoms with Crippen molar-refractivity contribution in [3.8, 4) is 0 Å². The van der Waals surface area contributed by atoms with Gasteiger partial charge in [0.05, 0.1) is 5.60 Å². The van der Waals surface area contributed by atoms with Gasteiger partial charge in [0.15, 0.2) is 0 Å². The Morgan fingerprint density at radius 3 is 2.28 bits per heavy atom. The van der Waals surface area contributed by atoms with Crippen molar-refractivity contribution in [2.24, 2.45) is 0 Å². The lowest BCUT2D eigenvalue weighted by Gasteiger charge is -2.31.